The van der Waals surface area contributed by atoms with Crippen LogP contribution in [0.3, 0.4) is 0 Å². The molecule has 58 heavy (non-hydrogen) atoms. The molecule has 0 saturated carbocycles. The fourth-order valence-corrected chi connectivity index (χ4v) is 7.70. The molecule has 2 N–H and O–H groups in total. The van der Waals surface area contributed by atoms with Gasteiger partial charge in [-0.25, -0.2) is 14.1 Å². The highest BCUT2D eigenvalue weighted by atomic mass is 32.1. The first-order valence-electron chi connectivity index (χ1n) is 18.5. The number of aliphatic hydroxyl groups is 1. The maximum Gasteiger partial charge on any atom is 0.419 e. The van der Waals surface area contributed by atoms with Gasteiger partial charge in [-0.3, -0.25) is 9.48 Å². The number of nitrogens with one attached hydrogen (secondary N) is 1. The van der Waals surface area contributed by atoms with Crippen LogP contribution in [0.2, 0.25) is 0 Å². The van der Waals surface area contributed by atoms with Crippen LogP contribution < -0.4 is 25.1 Å². The Morgan fingerprint density at radius 2 is 1.79 bits per heavy atom. The predicted molar refractivity (Wildman–Crippen MR) is 211 cm³/mol. The zero-order valence-electron chi connectivity index (χ0n) is 31.8. The lowest BCUT2D eigenvalue weighted by Gasteiger charge is -2.15. The molecule has 7 rings (SSSR count). The molecular formula is C41H41F4N7O5S. The van der Waals surface area contributed by atoms with E-state index in [1.54, 1.807) is 31.5 Å². The molecule has 17 heteroatoms. The van der Waals surface area contributed by atoms with Gasteiger partial charge in [0.25, 0.3) is 5.56 Å². The Labute approximate surface area is 334 Å². The largest absolute Gasteiger partial charge is 0.497 e. The number of methoxy groups -OCH3 is 1. The molecule has 0 radical (unpaired) electrons. The van der Waals surface area contributed by atoms with Gasteiger partial charge in [0.05, 0.1) is 56.1 Å². The van der Waals surface area contributed by atoms with Crippen molar-refractivity contribution in [2.45, 2.75) is 51.7 Å². The number of alkyl halides is 3. The van der Waals surface area contributed by atoms with E-state index < -0.39 is 17.6 Å². The van der Waals surface area contributed by atoms with Gasteiger partial charge in [-0.2, -0.15) is 23.4 Å². The van der Waals surface area contributed by atoms with Gasteiger partial charge < -0.3 is 29.2 Å². The molecule has 0 saturated heterocycles. The highest BCUT2D eigenvalue weighted by Crippen LogP contribution is 2.33. The van der Waals surface area contributed by atoms with E-state index in [9.17, 15) is 27.5 Å². The number of unbranched alkanes of at least 4 members (excludes halogenated alkanes) is 1. The molecular weight excluding hydrogens is 779 g/mol. The average Bonchev–Trinajstić information content (AvgIpc) is 3.91. The van der Waals surface area contributed by atoms with Crippen LogP contribution in [0.5, 0.6) is 17.2 Å². The van der Waals surface area contributed by atoms with E-state index in [4.69, 9.17) is 19.2 Å². The highest BCUT2D eigenvalue weighted by Gasteiger charge is 2.34. The molecule has 0 fully saturated rings. The Morgan fingerprint density at radius 3 is 2.60 bits per heavy atom. The zero-order valence-corrected chi connectivity index (χ0v) is 32.6. The quantitative estimate of drug-likeness (QED) is 0.0705. The summed E-state index contributed by atoms with van der Waals surface area (Å²) < 4.78 is 76.5. The van der Waals surface area contributed by atoms with Crippen molar-refractivity contribution in [1.29, 1.82) is 0 Å². The Morgan fingerprint density at radius 1 is 0.931 bits per heavy atom. The van der Waals surface area contributed by atoms with E-state index in [0.717, 1.165) is 63.3 Å². The van der Waals surface area contributed by atoms with E-state index in [0.29, 0.717) is 61.1 Å². The number of thiazole rings is 1. The fourth-order valence-electron chi connectivity index (χ4n) is 6.61. The molecule has 3 aromatic carbocycles. The normalized spacial score (nSPS) is 11.8. The second-order valence-corrected chi connectivity index (χ2v) is 14.7. The minimum absolute atomic E-state index is 0.0733. The van der Waals surface area contributed by atoms with Crippen molar-refractivity contribution >= 4 is 32.6 Å². The molecule has 4 heterocycles. The van der Waals surface area contributed by atoms with Crippen molar-refractivity contribution in [2.75, 3.05) is 26.9 Å². The van der Waals surface area contributed by atoms with Crippen molar-refractivity contribution in [3.05, 3.63) is 128 Å². The van der Waals surface area contributed by atoms with Gasteiger partial charge in [0.1, 0.15) is 40.2 Å². The van der Waals surface area contributed by atoms with Gasteiger partial charge in [0.15, 0.2) is 5.65 Å². The third-order valence-corrected chi connectivity index (χ3v) is 10.6. The summed E-state index contributed by atoms with van der Waals surface area (Å²) in [6.07, 6.45) is 3.19. The molecule has 304 valence electrons. The number of hydrogen-bond acceptors (Lipinski definition) is 10. The maximum atomic E-state index is 13.7. The molecule has 12 nitrogen and oxygen atoms in total. The Hall–Kier alpha value is -5.78. The molecule has 0 unspecified atom stereocenters. The first-order valence-corrected chi connectivity index (χ1v) is 19.4. The summed E-state index contributed by atoms with van der Waals surface area (Å²) in [4.78, 5) is 18.3. The van der Waals surface area contributed by atoms with Crippen molar-refractivity contribution in [3.63, 3.8) is 0 Å². The first-order chi connectivity index (χ1) is 28.0. The number of nitrogens with zero attached hydrogens (tertiary/aromatic N) is 6. The van der Waals surface area contributed by atoms with Crippen molar-refractivity contribution < 1.29 is 36.9 Å². The van der Waals surface area contributed by atoms with Crippen LogP contribution in [0.4, 0.5) is 17.6 Å². The van der Waals surface area contributed by atoms with Gasteiger partial charge in [-0.05, 0) is 78.4 Å². The molecule has 0 aliphatic carbocycles. The number of benzene rings is 3. The van der Waals surface area contributed by atoms with Crippen LogP contribution in [0.1, 0.15) is 45.7 Å². The summed E-state index contributed by atoms with van der Waals surface area (Å²) in [7, 11) is 3.45. The van der Waals surface area contributed by atoms with Gasteiger partial charge in [-0.15, -0.1) is 11.3 Å². The molecule has 0 bridgehead atoms. The Bertz CT molecular complexity index is 2580. The minimum Gasteiger partial charge on any atom is -0.497 e. The Balaban J connectivity index is 0.915. The average molecular weight is 820 g/mol. The monoisotopic (exact) mass is 819 g/mol. The molecule has 0 spiro atoms. The summed E-state index contributed by atoms with van der Waals surface area (Å²) in [5.41, 5.74) is 2.60. The number of ether oxygens (including phenoxy) is 3. The third kappa shape index (κ3) is 9.33. The number of aromatic nitrogens is 6. The molecule has 7 aromatic rings. The van der Waals surface area contributed by atoms with Crippen LogP contribution in [0.25, 0.3) is 21.3 Å². The SMILES string of the molecule is COc1cccc(Cn2ncc3c4sc(Cn5cc(CCCCOc6ccc(OCc7ccc(F)c(C(F)(F)F)c7)c(CNCCO)c6)cn5)nc4n(C)c3c2=O)c1. The number of rotatable bonds is 18. The van der Waals surface area contributed by atoms with Crippen molar-refractivity contribution in [3.8, 4) is 17.2 Å². The standard InChI is InChI=1S/C41H41F4N7O5S/c1-50-37-32(21-48-52(40(37)54)23-26-7-5-8-30(16-26)55-2)38-39(50)49-36(58-38)24-51-22-28(19-47-51)6-3-4-15-56-31-10-12-35(29(18-31)20-46-13-14-53)57-25-27-9-11-34(42)33(17-27)41(43,44)45/h5,7-12,16-19,21-22,46,53H,3-4,6,13-15,20,23-25H2,1-2H3. The van der Waals surface area contributed by atoms with Crippen LogP contribution in [-0.4, -0.2) is 61.1 Å². The van der Waals surface area contributed by atoms with E-state index in [1.165, 1.54) is 22.1 Å². The third-order valence-electron chi connectivity index (χ3n) is 9.52. The number of halogens is 4. The lowest BCUT2D eigenvalue weighted by atomic mass is 10.1. The number of aliphatic hydroxyl groups excluding tert-OH is 1. The van der Waals surface area contributed by atoms with Crippen LogP contribution >= 0.6 is 11.3 Å². The number of fused-ring (bicyclic) bond motifs is 3. The molecule has 0 aliphatic heterocycles. The Kier molecular flexibility index (Phi) is 12.4. The molecule has 0 atom stereocenters. The van der Waals surface area contributed by atoms with E-state index in [2.05, 4.69) is 15.5 Å². The lowest BCUT2D eigenvalue weighted by Crippen LogP contribution is -2.24. The van der Waals surface area contributed by atoms with Crippen molar-refractivity contribution in [2.24, 2.45) is 7.05 Å². The topological polar surface area (TPSA) is 130 Å². The molecule has 0 aliphatic rings. The maximum absolute atomic E-state index is 13.7. The summed E-state index contributed by atoms with van der Waals surface area (Å²) in [5, 5.41) is 22.9. The summed E-state index contributed by atoms with van der Waals surface area (Å²) >= 11 is 1.52. The highest BCUT2D eigenvalue weighted by molar-refractivity contribution is 7.19. The number of aryl methyl sites for hydroxylation is 2. The van der Waals surface area contributed by atoms with Gasteiger partial charge in [0.2, 0.25) is 0 Å². The summed E-state index contributed by atoms with van der Waals surface area (Å²) in [6.45, 7) is 1.65. The molecule has 0 amide bonds. The lowest BCUT2D eigenvalue weighted by molar-refractivity contribution is -0.140. The van der Waals surface area contributed by atoms with E-state index in [-0.39, 0.29) is 24.3 Å². The zero-order chi connectivity index (χ0) is 40.8. The number of hydrogen-bond donors (Lipinski definition) is 2. The van der Waals surface area contributed by atoms with Crippen LogP contribution in [0.15, 0.2) is 84.0 Å². The minimum atomic E-state index is -4.81. The van der Waals surface area contributed by atoms with E-state index in [1.807, 2.05) is 53.0 Å². The molecule has 4 aromatic heterocycles. The van der Waals surface area contributed by atoms with Crippen LogP contribution in [-0.2, 0) is 45.9 Å². The first kappa shape index (κ1) is 40.4. The van der Waals surface area contributed by atoms with Gasteiger partial charge in [0, 0.05) is 37.3 Å². The summed E-state index contributed by atoms with van der Waals surface area (Å²) in [6, 6.07) is 15.5. The smallest absolute Gasteiger partial charge is 0.419 e. The van der Waals surface area contributed by atoms with Crippen molar-refractivity contribution in [1.82, 2.24) is 34.4 Å². The summed E-state index contributed by atoms with van der Waals surface area (Å²) in [5.74, 6) is 0.399. The van der Waals surface area contributed by atoms with Gasteiger partial charge in [-0.1, -0.05) is 18.2 Å². The predicted octanol–water partition coefficient (Wildman–Crippen LogP) is 6.87. The second-order valence-electron chi connectivity index (χ2n) is 13.7. The fraction of sp³-hybridized carbons (Fsp3) is 0.317. The second kappa shape index (κ2) is 17.8. The van der Waals surface area contributed by atoms with Gasteiger partial charge >= 0.3 is 6.18 Å². The van der Waals surface area contributed by atoms with Crippen LogP contribution in [0, 0.1) is 5.82 Å². The van der Waals surface area contributed by atoms with E-state index >= 15 is 0 Å².